The highest BCUT2D eigenvalue weighted by atomic mass is 16.2. The molecule has 0 aliphatic carbocycles. The van der Waals surface area contributed by atoms with E-state index in [9.17, 15) is 9.59 Å². The number of nitrogen functional groups attached to an aromatic ring is 1. The van der Waals surface area contributed by atoms with Crippen molar-refractivity contribution in [2.45, 2.75) is 6.54 Å². The molecule has 0 bridgehead atoms. The van der Waals surface area contributed by atoms with E-state index in [1.54, 1.807) is 24.5 Å². The van der Waals surface area contributed by atoms with Gasteiger partial charge in [-0.3, -0.25) is 20.4 Å². The molecule has 2 aromatic heterocycles. The predicted octanol–water partition coefficient (Wildman–Crippen LogP) is -0.724. The fourth-order valence-corrected chi connectivity index (χ4v) is 1.54. The third kappa shape index (κ3) is 2.30. The first-order chi connectivity index (χ1) is 8.61. The van der Waals surface area contributed by atoms with Crippen LogP contribution in [0.4, 0.5) is 5.69 Å². The van der Waals surface area contributed by atoms with Gasteiger partial charge in [-0.1, -0.05) is 0 Å². The van der Waals surface area contributed by atoms with Gasteiger partial charge in [-0.25, -0.2) is 0 Å². The molecule has 2 heterocycles. The summed E-state index contributed by atoms with van der Waals surface area (Å²) in [5.41, 5.74) is 2.69. The Kier molecular flexibility index (Phi) is 3.24. The lowest BCUT2D eigenvalue weighted by molar-refractivity contribution is 0.684. The highest BCUT2D eigenvalue weighted by Gasteiger charge is 2.04. The lowest BCUT2D eigenvalue weighted by atomic mass is 10.3. The smallest absolute Gasteiger partial charge is 0.316 e. The molecule has 2 rings (SSSR count). The predicted molar refractivity (Wildman–Crippen MR) is 67.1 cm³/mol. The molecule has 0 aliphatic heterocycles. The minimum Gasteiger partial charge on any atom is -0.324 e. The van der Waals surface area contributed by atoms with Gasteiger partial charge in [0, 0.05) is 25.6 Å². The van der Waals surface area contributed by atoms with E-state index in [0.29, 0.717) is 11.4 Å². The van der Waals surface area contributed by atoms with Crippen LogP contribution in [0.1, 0.15) is 5.69 Å². The quantitative estimate of drug-likeness (QED) is 0.424. The standard InChI is InChI=1S/C11H13N5O2/c1-15-4-5-16(11(18)10(15)17)7-9-6-8(14-12)2-3-13-9/h2-6H,7,12H2,1H3,(H,13,14). The average Bonchev–Trinajstić information content (AvgIpc) is 2.40. The average molecular weight is 247 g/mol. The first-order valence-electron chi connectivity index (χ1n) is 5.29. The van der Waals surface area contributed by atoms with Gasteiger partial charge in [0.2, 0.25) is 0 Å². The van der Waals surface area contributed by atoms with E-state index in [-0.39, 0.29) is 6.54 Å². The fourth-order valence-electron chi connectivity index (χ4n) is 1.54. The van der Waals surface area contributed by atoms with E-state index in [4.69, 9.17) is 5.84 Å². The monoisotopic (exact) mass is 247 g/mol. The van der Waals surface area contributed by atoms with Gasteiger partial charge in [-0.05, 0) is 12.1 Å². The number of aromatic nitrogens is 3. The van der Waals surface area contributed by atoms with Gasteiger partial charge in [0.05, 0.1) is 17.9 Å². The number of rotatable bonds is 3. The van der Waals surface area contributed by atoms with Crippen LogP contribution in [0.2, 0.25) is 0 Å². The number of pyridine rings is 1. The summed E-state index contributed by atoms with van der Waals surface area (Å²) in [6, 6.07) is 3.42. The number of nitrogens with two attached hydrogens (primary N) is 1. The summed E-state index contributed by atoms with van der Waals surface area (Å²) >= 11 is 0. The zero-order valence-corrected chi connectivity index (χ0v) is 9.83. The Morgan fingerprint density at radius 1 is 1.33 bits per heavy atom. The second kappa shape index (κ2) is 4.84. The van der Waals surface area contributed by atoms with Crippen molar-refractivity contribution in [1.82, 2.24) is 14.1 Å². The molecule has 2 aromatic rings. The van der Waals surface area contributed by atoms with Crippen LogP contribution < -0.4 is 22.4 Å². The molecule has 0 aromatic carbocycles. The first-order valence-corrected chi connectivity index (χ1v) is 5.29. The third-order valence-electron chi connectivity index (χ3n) is 2.55. The molecule has 0 aliphatic rings. The maximum Gasteiger partial charge on any atom is 0.316 e. The molecule has 0 fully saturated rings. The van der Waals surface area contributed by atoms with E-state index in [1.807, 2.05) is 0 Å². The molecule has 18 heavy (non-hydrogen) atoms. The molecule has 0 radical (unpaired) electrons. The second-order valence-electron chi connectivity index (χ2n) is 3.83. The van der Waals surface area contributed by atoms with Crippen molar-refractivity contribution in [2.24, 2.45) is 12.9 Å². The van der Waals surface area contributed by atoms with Crippen molar-refractivity contribution in [3.8, 4) is 0 Å². The molecule has 0 saturated heterocycles. The molecular formula is C11H13N5O2. The van der Waals surface area contributed by atoms with Gasteiger partial charge in [0.15, 0.2) is 0 Å². The summed E-state index contributed by atoms with van der Waals surface area (Å²) in [6.07, 6.45) is 4.67. The number of hydrogen-bond acceptors (Lipinski definition) is 5. The summed E-state index contributed by atoms with van der Waals surface area (Å²) in [6.45, 7) is 0.227. The first kappa shape index (κ1) is 12.1. The largest absolute Gasteiger partial charge is 0.324 e. The lowest BCUT2D eigenvalue weighted by Crippen LogP contribution is -2.39. The van der Waals surface area contributed by atoms with E-state index in [1.165, 1.54) is 22.4 Å². The van der Waals surface area contributed by atoms with Crippen LogP contribution in [0.3, 0.4) is 0 Å². The maximum atomic E-state index is 11.7. The Balaban J connectivity index is 2.37. The van der Waals surface area contributed by atoms with Gasteiger partial charge >= 0.3 is 11.1 Å². The molecular weight excluding hydrogens is 234 g/mol. The Bertz CT molecular complexity index is 674. The molecule has 0 saturated carbocycles. The summed E-state index contributed by atoms with van der Waals surface area (Å²) < 4.78 is 2.55. The molecule has 7 heteroatoms. The van der Waals surface area contributed by atoms with Crippen LogP contribution >= 0.6 is 0 Å². The number of anilines is 1. The Hall–Kier alpha value is -2.41. The second-order valence-corrected chi connectivity index (χ2v) is 3.83. The van der Waals surface area contributed by atoms with Crippen molar-refractivity contribution in [3.05, 3.63) is 57.1 Å². The topological polar surface area (TPSA) is 94.9 Å². The molecule has 7 nitrogen and oxygen atoms in total. The summed E-state index contributed by atoms with van der Waals surface area (Å²) in [5.74, 6) is 5.29. The van der Waals surface area contributed by atoms with Gasteiger partial charge < -0.3 is 14.6 Å². The van der Waals surface area contributed by atoms with E-state index in [0.717, 1.165) is 0 Å². The van der Waals surface area contributed by atoms with Gasteiger partial charge in [-0.2, -0.15) is 0 Å². The van der Waals surface area contributed by atoms with Crippen LogP contribution in [-0.4, -0.2) is 14.1 Å². The van der Waals surface area contributed by atoms with Crippen LogP contribution in [-0.2, 0) is 13.6 Å². The minimum absolute atomic E-state index is 0.227. The fraction of sp³-hybridized carbons (Fsp3) is 0.182. The molecule has 0 spiro atoms. The summed E-state index contributed by atoms with van der Waals surface area (Å²) in [4.78, 5) is 27.3. The highest BCUT2D eigenvalue weighted by Crippen LogP contribution is 2.06. The van der Waals surface area contributed by atoms with Gasteiger partial charge in [0.25, 0.3) is 0 Å². The number of hydrazine groups is 1. The third-order valence-corrected chi connectivity index (χ3v) is 2.55. The summed E-state index contributed by atoms with van der Waals surface area (Å²) in [7, 11) is 1.53. The zero-order valence-electron chi connectivity index (χ0n) is 9.83. The summed E-state index contributed by atoms with van der Waals surface area (Å²) in [5, 5.41) is 0. The van der Waals surface area contributed by atoms with E-state index in [2.05, 4.69) is 10.4 Å². The van der Waals surface area contributed by atoms with Crippen LogP contribution in [0.15, 0.2) is 40.3 Å². The normalized spacial score (nSPS) is 10.3. The Morgan fingerprint density at radius 3 is 2.83 bits per heavy atom. The number of hydrogen-bond donors (Lipinski definition) is 2. The molecule has 0 unspecified atom stereocenters. The van der Waals surface area contributed by atoms with Crippen molar-refractivity contribution in [2.75, 3.05) is 5.43 Å². The minimum atomic E-state index is -0.576. The molecule has 0 amide bonds. The van der Waals surface area contributed by atoms with Crippen LogP contribution in [0.5, 0.6) is 0 Å². The van der Waals surface area contributed by atoms with Gasteiger partial charge in [0.1, 0.15) is 0 Å². The van der Waals surface area contributed by atoms with E-state index < -0.39 is 11.1 Å². The Labute approximate surface area is 102 Å². The molecule has 3 N–H and O–H groups in total. The highest BCUT2D eigenvalue weighted by molar-refractivity contribution is 5.41. The van der Waals surface area contributed by atoms with E-state index >= 15 is 0 Å². The zero-order chi connectivity index (χ0) is 13.1. The van der Waals surface area contributed by atoms with Crippen LogP contribution in [0, 0.1) is 0 Å². The lowest BCUT2D eigenvalue weighted by Gasteiger charge is -2.07. The Morgan fingerprint density at radius 2 is 2.11 bits per heavy atom. The maximum absolute atomic E-state index is 11.7. The SMILES string of the molecule is Cn1ccn(Cc2cc(NN)ccn2)c(=O)c1=O. The van der Waals surface area contributed by atoms with Crippen LogP contribution in [0.25, 0.3) is 0 Å². The van der Waals surface area contributed by atoms with Crippen molar-refractivity contribution < 1.29 is 0 Å². The molecule has 94 valence electrons. The molecule has 0 atom stereocenters. The van der Waals surface area contributed by atoms with Crippen molar-refractivity contribution in [1.29, 1.82) is 0 Å². The number of aryl methyl sites for hydroxylation is 1. The number of nitrogens with zero attached hydrogens (tertiary/aromatic N) is 3. The van der Waals surface area contributed by atoms with Crippen molar-refractivity contribution >= 4 is 5.69 Å². The number of nitrogens with one attached hydrogen (secondary N) is 1. The van der Waals surface area contributed by atoms with Crippen molar-refractivity contribution in [3.63, 3.8) is 0 Å². The van der Waals surface area contributed by atoms with Gasteiger partial charge in [-0.15, -0.1) is 0 Å².